The maximum absolute atomic E-state index is 12.5. The number of hydrogen-bond acceptors (Lipinski definition) is 6. The summed E-state index contributed by atoms with van der Waals surface area (Å²) in [6.45, 7) is 8.91. The number of piperazine rings is 1. The van der Waals surface area contributed by atoms with Crippen LogP contribution < -0.4 is 5.32 Å². The van der Waals surface area contributed by atoms with E-state index in [4.69, 9.17) is 5.11 Å². The lowest BCUT2D eigenvalue weighted by atomic mass is 9.85. The van der Waals surface area contributed by atoms with E-state index < -0.39 is 5.97 Å². The summed E-state index contributed by atoms with van der Waals surface area (Å²) in [6.07, 6.45) is 3.60. The molecule has 2 N–H and O–H groups in total. The van der Waals surface area contributed by atoms with Crippen LogP contribution in [0, 0.1) is 6.92 Å². The summed E-state index contributed by atoms with van der Waals surface area (Å²) < 4.78 is 0. The topological polar surface area (TPSA) is 89.0 Å². The fourth-order valence-corrected chi connectivity index (χ4v) is 4.59. The molecule has 0 bridgehead atoms. The Morgan fingerprint density at radius 1 is 1.33 bits per heavy atom. The van der Waals surface area contributed by atoms with Crippen molar-refractivity contribution in [1.82, 2.24) is 25.0 Å². The predicted octanol–water partition coefficient (Wildman–Crippen LogP) is 1.22. The molecule has 1 saturated heterocycles. The highest BCUT2D eigenvalue weighted by Gasteiger charge is 2.35. The molecule has 3 rings (SSSR count). The molecule has 1 aliphatic heterocycles. The molecule has 2 amide bonds. The van der Waals surface area contributed by atoms with Crippen LogP contribution in [0.3, 0.4) is 0 Å². The van der Waals surface area contributed by atoms with E-state index in [0.29, 0.717) is 0 Å². The minimum absolute atomic E-state index is 0.00742. The molecule has 1 aromatic heterocycles. The third-order valence-corrected chi connectivity index (χ3v) is 6.31. The minimum atomic E-state index is -0.796. The molecular formula is C18H29N5O3S. The summed E-state index contributed by atoms with van der Waals surface area (Å²) in [7, 11) is 0. The molecule has 27 heavy (non-hydrogen) atoms. The van der Waals surface area contributed by atoms with Gasteiger partial charge >= 0.3 is 12.0 Å². The van der Waals surface area contributed by atoms with Crippen LogP contribution in [0.5, 0.6) is 0 Å². The van der Waals surface area contributed by atoms with E-state index in [0.717, 1.165) is 57.1 Å². The highest BCUT2D eigenvalue weighted by Crippen LogP contribution is 2.26. The molecule has 1 aromatic rings. The van der Waals surface area contributed by atoms with Crippen LogP contribution >= 0.6 is 11.3 Å². The number of nitrogens with zero attached hydrogens (tertiary/aromatic N) is 4. The first-order chi connectivity index (χ1) is 12.9. The van der Waals surface area contributed by atoms with Gasteiger partial charge in [-0.05, 0) is 26.3 Å². The van der Waals surface area contributed by atoms with E-state index in [9.17, 15) is 9.59 Å². The fourth-order valence-electron chi connectivity index (χ4n) is 3.75. The van der Waals surface area contributed by atoms with Gasteiger partial charge in [-0.1, -0.05) is 6.92 Å². The Morgan fingerprint density at radius 2 is 2.04 bits per heavy atom. The smallest absolute Gasteiger partial charge is 0.317 e. The van der Waals surface area contributed by atoms with E-state index in [1.54, 1.807) is 11.3 Å². The van der Waals surface area contributed by atoms with Crippen molar-refractivity contribution in [2.24, 2.45) is 0 Å². The fraction of sp³-hybridized carbons (Fsp3) is 0.722. The zero-order chi connectivity index (χ0) is 19.4. The third kappa shape index (κ3) is 5.40. The molecule has 9 heteroatoms. The molecular weight excluding hydrogens is 366 g/mol. The maximum atomic E-state index is 12.5. The Morgan fingerprint density at radius 3 is 2.59 bits per heavy atom. The van der Waals surface area contributed by atoms with Crippen LogP contribution in [-0.4, -0.2) is 88.1 Å². The average molecular weight is 396 g/mol. The lowest BCUT2D eigenvalue weighted by molar-refractivity contribution is -0.139. The number of thiazole rings is 1. The van der Waals surface area contributed by atoms with Gasteiger partial charge in [0.1, 0.15) is 0 Å². The molecule has 2 fully saturated rings. The van der Waals surface area contributed by atoms with Gasteiger partial charge in [-0.25, -0.2) is 9.78 Å². The van der Waals surface area contributed by atoms with Crippen LogP contribution in [-0.2, 0) is 11.3 Å². The maximum Gasteiger partial charge on any atom is 0.317 e. The van der Waals surface area contributed by atoms with Gasteiger partial charge in [0.2, 0.25) is 0 Å². The van der Waals surface area contributed by atoms with E-state index in [1.807, 2.05) is 29.8 Å². The van der Waals surface area contributed by atoms with Crippen LogP contribution in [0.25, 0.3) is 0 Å². The van der Waals surface area contributed by atoms with Crippen LogP contribution in [0.4, 0.5) is 4.79 Å². The van der Waals surface area contributed by atoms with Crippen molar-refractivity contribution in [3.05, 3.63) is 16.1 Å². The number of carboxylic acid groups (broad SMARTS) is 1. The number of aryl methyl sites for hydroxylation is 1. The van der Waals surface area contributed by atoms with Crippen molar-refractivity contribution in [2.75, 3.05) is 39.3 Å². The number of likely N-dealkylation sites (N-methyl/N-ethyl adjacent to an activating group) is 1. The molecule has 150 valence electrons. The van der Waals surface area contributed by atoms with Crippen LogP contribution in [0.2, 0.25) is 0 Å². The Labute approximate surface area is 164 Å². The number of nitrogens with one attached hydrogen (secondary N) is 1. The first kappa shape index (κ1) is 20.0. The second-order valence-electron chi connectivity index (χ2n) is 7.34. The standard InChI is InChI=1S/C18H29N5O3S/c1-3-22(12-17(24)25)15-8-14(9-15)20-18(26)23-6-4-21(5-7-23)11-16-10-19-13(2)27-16/h10,14-15H,3-9,11-12H2,1-2H3,(H,20,26)(H,24,25). The summed E-state index contributed by atoms with van der Waals surface area (Å²) in [6, 6.07) is 0.424. The van der Waals surface area contributed by atoms with E-state index in [-0.39, 0.29) is 24.7 Å². The number of rotatable bonds is 7. The number of aliphatic carboxylic acids is 1. The van der Waals surface area contributed by atoms with Crippen molar-refractivity contribution in [3.8, 4) is 0 Å². The van der Waals surface area contributed by atoms with E-state index in [1.165, 1.54) is 4.88 Å². The van der Waals surface area contributed by atoms with Gasteiger partial charge in [0.15, 0.2) is 0 Å². The third-order valence-electron chi connectivity index (χ3n) is 5.41. The summed E-state index contributed by atoms with van der Waals surface area (Å²) >= 11 is 1.73. The molecule has 1 saturated carbocycles. The SMILES string of the molecule is CCN(CC(=O)O)C1CC(NC(=O)N2CCN(Cc3cnc(C)s3)CC2)C1. The largest absolute Gasteiger partial charge is 0.480 e. The number of hydrogen-bond donors (Lipinski definition) is 2. The zero-order valence-corrected chi connectivity index (χ0v) is 16.9. The molecule has 0 unspecified atom stereocenters. The number of aromatic nitrogens is 1. The van der Waals surface area contributed by atoms with Gasteiger partial charge < -0.3 is 15.3 Å². The molecule has 2 heterocycles. The molecule has 0 aromatic carbocycles. The Bertz CT molecular complexity index is 653. The lowest BCUT2D eigenvalue weighted by Crippen LogP contribution is -2.58. The molecule has 8 nitrogen and oxygen atoms in total. The Balaban J connectivity index is 1.36. The quantitative estimate of drug-likeness (QED) is 0.722. The van der Waals surface area contributed by atoms with Gasteiger partial charge in [0, 0.05) is 55.9 Å². The normalized spacial score (nSPS) is 23.3. The zero-order valence-electron chi connectivity index (χ0n) is 16.1. The van der Waals surface area contributed by atoms with E-state index in [2.05, 4.69) is 15.2 Å². The molecule has 2 aliphatic rings. The average Bonchev–Trinajstić information content (AvgIpc) is 3.01. The minimum Gasteiger partial charge on any atom is -0.480 e. The molecule has 0 radical (unpaired) electrons. The summed E-state index contributed by atoms with van der Waals surface area (Å²) in [5.41, 5.74) is 0. The van der Waals surface area contributed by atoms with Gasteiger partial charge in [-0.3, -0.25) is 14.6 Å². The number of amides is 2. The van der Waals surface area contributed by atoms with Gasteiger partial charge in [0.05, 0.1) is 11.6 Å². The number of urea groups is 1. The van der Waals surface area contributed by atoms with Crippen LogP contribution in [0.1, 0.15) is 29.7 Å². The summed E-state index contributed by atoms with van der Waals surface area (Å²) in [5, 5.41) is 13.1. The highest BCUT2D eigenvalue weighted by molar-refractivity contribution is 7.11. The highest BCUT2D eigenvalue weighted by atomic mass is 32.1. The van der Waals surface area contributed by atoms with Gasteiger partial charge in [0.25, 0.3) is 0 Å². The first-order valence-corrected chi connectivity index (χ1v) is 10.4. The number of carboxylic acids is 1. The molecule has 0 spiro atoms. The van der Waals surface area contributed by atoms with Crippen molar-refractivity contribution in [1.29, 1.82) is 0 Å². The summed E-state index contributed by atoms with van der Waals surface area (Å²) in [5.74, 6) is -0.796. The Kier molecular flexibility index (Phi) is 6.67. The van der Waals surface area contributed by atoms with Crippen molar-refractivity contribution in [3.63, 3.8) is 0 Å². The lowest BCUT2D eigenvalue weighted by Gasteiger charge is -2.43. The first-order valence-electron chi connectivity index (χ1n) is 9.59. The van der Waals surface area contributed by atoms with Crippen molar-refractivity contribution in [2.45, 2.75) is 45.3 Å². The number of carbonyl (C=O) groups is 2. The monoisotopic (exact) mass is 395 g/mol. The van der Waals surface area contributed by atoms with Gasteiger partial charge in [-0.15, -0.1) is 11.3 Å². The predicted molar refractivity (Wildman–Crippen MR) is 104 cm³/mol. The van der Waals surface area contributed by atoms with Crippen molar-refractivity contribution < 1.29 is 14.7 Å². The second-order valence-corrected chi connectivity index (χ2v) is 8.66. The number of carbonyl (C=O) groups excluding carboxylic acids is 1. The second kappa shape index (κ2) is 8.99. The molecule has 0 atom stereocenters. The summed E-state index contributed by atoms with van der Waals surface area (Å²) in [4.78, 5) is 35.1. The van der Waals surface area contributed by atoms with Gasteiger partial charge in [-0.2, -0.15) is 0 Å². The van der Waals surface area contributed by atoms with E-state index >= 15 is 0 Å². The van der Waals surface area contributed by atoms with Crippen molar-refractivity contribution >= 4 is 23.3 Å². The van der Waals surface area contributed by atoms with Crippen LogP contribution in [0.15, 0.2) is 6.20 Å². The molecule has 1 aliphatic carbocycles. The Hall–Kier alpha value is -1.71.